The molecule has 1 heterocycles. The highest BCUT2D eigenvalue weighted by Gasteiger charge is 2.32. The summed E-state index contributed by atoms with van der Waals surface area (Å²) in [5.74, 6) is -1.48. The van der Waals surface area contributed by atoms with Gasteiger partial charge in [0.1, 0.15) is 5.54 Å². The van der Waals surface area contributed by atoms with Crippen LogP contribution in [0.3, 0.4) is 0 Å². The van der Waals surface area contributed by atoms with Crippen molar-refractivity contribution in [3.05, 3.63) is 42.2 Å². The van der Waals surface area contributed by atoms with Gasteiger partial charge >= 0.3 is 5.97 Å². The van der Waals surface area contributed by atoms with Crippen molar-refractivity contribution in [3.8, 4) is 5.69 Å². The van der Waals surface area contributed by atoms with Gasteiger partial charge in [0.2, 0.25) is 0 Å². The number of carbonyl (C=O) groups is 2. The van der Waals surface area contributed by atoms with Crippen molar-refractivity contribution in [1.82, 2.24) is 20.3 Å². The molecule has 2 aromatic rings. The Morgan fingerprint density at radius 3 is 2.48 bits per heavy atom. The maximum Gasteiger partial charge on any atom is 0.329 e. The maximum atomic E-state index is 12.1. The van der Waals surface area contributed by atoms with Crippen molar-refractivity contribution in [2.45, 2.75) is 25.8 Å². The minimum absolute atomic E-state index is 0.297. The van der Waals surface area contributed by atoms with E-state index in [0.29, 0.717) is 12.0 Å². The molecule has 2 rings (SSSR count). The van der Waals surface area contributed by atoms with Gasteiger partial charge in [0.05, 0.1) is 18.1 Å². The van der Waals surface area contributed by atoms with Crippen LogP contribution in [0.2, 0.25) is 0 Å². The van der Waals surface area contributed by atoms with Gasteiger partial charge in [-0.1, -0.05) is 12.1 Å². The van der Waals surface area contributed by atoms with Crippen molar-refractivity contribution in [2.75, 3.05) is 0 Å². The third kappa shape index (κ3) is 3.07. The topological polar surface area (TPSA) is 97.1 Å². The fraction of sp³-hybridized carbons (Fsp3) is 0.286. The molecule has 1 unspecified atom stereocenters. The second-order valence-electron chi connectivity index (χ2n) is 4.84. The summed E-state index contributed by atoms with van der Waals surface area (Å²) in [7, 11) is 0. The molecule has 21 heavy (non-hydrogen) atoms. The first kappa shape index (κ1) is 14.7. The van der Waals surface area contributed by atoms with Crippen LogP contribution in [0.4, 0.5) is 0 Å². The van der Waals surface area contributed by atoms with Gasteiger partial charge in [0.15, 0.2) is 0 Å². The lowest BCUT2D eigenvalue weighted by Gasteiger charge is -2.24. The molecule has 7 heteroatoms. The van der Waals surface area contributed by atoms with Crippen LogP contribution in [0.25, 0.3) is 5.69 Å². The van der Waals surface area contributed by atoms with Crippen molar-refractivity contribution < 1.29 is 14.7 Å². The summed E-state index contributed by atoms with van der Waals surface area (Å²) < 4.78 is 1.56. The molecule has 0 saturated carbocycles. The van der Waals surface area contributed by atoms with E-state index in [2.05, 4.69) is 15.6 Å². The van der Waals surface area contributed by atoms with Crippen LogP contribution in [-0.4, -0.2) is 37.5 Å². The fourth-order valence-corrected chi connectivity index (χ4v) is 1.73. The average molecular weight is 288 g/mol. The second kappa shape index (κ2) is 5.74. The van der Waals surface area contributed by atoms with E-state index >= 15 is 0 Å². The molecule has 0 spiro atoms. The predicted molar refractivity (Wildman–Crippen MR) is 75.2 cm³/mol. The molecule has 2 N–H and O–H groups in total. The fourth-order valence-electron chi connectivity index (χ4n) is 1.73. The largest absolute Gasteiger partial charge is 0.480 e. The van der Waals surface area contributed by atoms with Crippen LogP contribution in [0.15, 0.2) is 36.7 Å². The first-order valence-electron chi connectivity index (χ1n) is 6.49. The Hall–Kier alpha value is -2.70. The zero-order chi connectivity index (χ0) is 15.5. The van der Waals surface area contributed by atoms with Crippen LogP contribution < -0.4 is 5.32 Å². The Labute approximate surface area is 121 Å². The van der Waals surface area contributed by atoms with Crippen LogP contribution in [0.5, 0.6) is 0 Å². The molecule has 0 radical (unpaired) electrons. The molecule has 0 bridgehead atoms. The number of hydrogen-bond acceptors (Lipinski definition) is 4. The molecule has 110 valence electrons. The summed E-state index contributed by atoms with van der Waals surface area (Å²) in [6.07, 6.45) is 3.54. The Morgan fingerprint density at radius 2 is 2.00 bits per heavy atom. The highest BCUT2D eigenvalue weighted by atomic mass is 16.4. The summed E-state index contributed by atoms with van der Waals surface area (Å²) in [6, 6.07) is 6.66. The van der Waals surface area contributed by atoms with Gasteiger partial charge in [-0.3, -0.25) is 4.79 Å². The quantitative estimate of drug-likeness (QED) is 0.863. The molecule has 1 amide bonds. The number of aromatic nitrogens is 3. The molecule has 0 aliphatic carbocycles. The van der Waals surface area contributed by atoms with Gasteiger partial charge in [-0.05, 0) is 37.6 Å². The molecule has 0 fully saturated rings. The smallest absolute Gasteiger partial charge is 0.329 e. The molecular weight excluding hydrogens is 272 g/mol. The number of hydrogen-bond donors (Lipinski definition) is 2. The summed E-state index contributed by atoms with van der Waals surface area (Å²) in [5.41, 5.74) is -0.123. The molecule has 0 aliphatic heterocycles. The van der Waals surface area contributed by atoms with E-state index in [1.165, 1.54) is 6.92 Å². The standard InChI is InChI=1S/C14H16N4O3/c1-3-14(2,13(20)21)16-12(19)10-4-6-11(7-5-10)18-9-8-15-17-18/h4-9H,3H2,1-2H3,(H,16,19)(H,20,21). The number of carboxylic acid groups (broad SMARTS) is 1. The summed E-state index contributed by atoms with van der Waals surface area (Å²) >= 11 is 0. The first-order valence-corrected chi connectivity index (χ1v) is 6.49. The van der Waals surface area contributed by atoms with Gasteiger partial charge in [-0.25, -0.2) is 9.48 Å². The van der Waals surface area contributed by atoms with Crippen molar-refractivity contribution in [3.63, 3.8) is 0 Å². The molecule has 0 aliphatic rings. The molecular formula is C14H16N4O3. The molecule has 0 saturated heterocycles. The summed E-state index contributed by atoms with van der Waals surface area (Å²) in [4.78, 5) is 23.3. The van der Waals surface area contributed by atoms with Gasteiger partial charge in [0.25, 0.3) is 5.91 Å². The van der Waals surface area contributed by atoms with Gasteiger partial charge in [-0.2, -0.15) is 0 Å². The first-order chi connectivity index (χ1) is 9.96. The predicted octanol–water partition coefficient (Wildman–Crippen LogP) is 1.25. The van der Waals surface area contributed by atoms with Crippen LogP contribution >= 0.6 is 0 Å². The Bertz CT molecular complexity index is 637. The van der Waals surface area contributed by atoms with E-state index in [1.54, 1.807) is 48.3 Å². The number of carboxylic acids is 1. The monoisotopic (exact) mass is 288 g/mol. The molecule has 7 nitrogen and oxygen atoms in total. The number of aliphatic carboxylic acids is 1. The van der Waals surface area contributed by atoms with E-state index in [-0.39, 0.29) is 0 Å². The lowest BCUT2D eigenvalue weighted by atomic mass is 9.98. The summed E-state index contributed by atoms with van der Waals surface area (Å²) in [6.45, 7) is 3.19. The highest BCUT2D eigenvalue weighted by molar-refractivity contribution is 5.97. The molecule has 1 aromatic carbocycles. The second-order valence-corrected chi connectivity index (χ2v) is 4.84. The van der Waals surface area contributed by atoms with E-state index in [9.17, 15) is 9.59 Å². The van der Waals surface area contributed by atoms with Crippen LogP contribution in [-0.2, 0) is 4.79 Å². The number of nitrogens with zero attached hydrogens (tertiary/aromatic N) is 3. The van der Waals surface area contributed by atoms with Crippen molar-refractivity contribution in [2.24, 2.45) is 0 Å². The van der Waals surface area contributed by atoms with Crippen LogP contribution in [0, 0.1) is 0 Å². The normalized spacial score (nSPS) is 13.4. The molecule has 1 atom stereocenters. The zero-order valence-corrected chi connectivity index (χ0v) is 11.8. The number of nitrogens with one attached hydrogen (secondary N) is 1. The van der Waals surface area contributed by atoms with Gasteiger partial charge < -0.3 is 10.4 Å². The van der Waals surface area contributed by atoms with Crippen molar-refractivity contribution >= 4 is 11.9 Å². The Balaban J connectivity index is 2.15. The zero-order valence-electron chi connectivity index (χ0n) is 11.8. The number of benzene rings is 1. The van der Waals surface area contributed by atoms with E-state index in [1.807, 2.05) is 0 Å². The van der Waals surface area contributed by atoms with Crippen molar-refractivity contribution in [1.29, 1.82) is 0 Å². The van der Waals surface area contributed by atoms with Gasteiger partial charge in [0, 0.05) is 5.56 Å². The number of rotatable bonds is 5. The summed E-state index contributed by atoms with van der Waals surface area (Å²) in [5, 5.41) is 19.3. The Kier molecular flexibility index (Phi) is 4.02. The number of carbonyl (C=O) groups excluding carboxylic acids is 1. The van der Waals surface area contributed by atoms with Gasteiger partial charge in [-0.15, -0.1) is 5.10 Å². The van der Waals surface area contributed by atoms with E-state index in [4.69, 9.17) is 5.11 Å². The maximum absolute atomic E-state index is 12.1. The minimum atomic E-state index is -1.28. The van der Waals surface area contributed by atoms with Crippen LogP contribution in [0.1, 0.15) is 30.6 Å². The lowest BCUT2D eigenvalue weighted by Crippen LogP contribution is -2.51. The number of amides is 1. The molecule has 1 aromatic heterocycles. The third-order valence-corrected chi connectivity index (χ3v) is 3.39. The van der Waals surface area contributed by atoms with E-state index < -0.39 is 17.4 Å². The van der Waals surface area contributed by atoms with E-state index in [0.717, 1.165) is 5.69 Å². The minimum Gasteiger partial charge on any atom is -0.480 e. The highest BCUT2D eigenvalue weighted by Crippen LogP contribution is 2.13. The SMILES string of the molecule is CCC(C)(NC(=O)c1ccc(-n2ccnn2)cc1)C(=O)O. The lowest BCUT2D eigenvalue weighted by molar-refractivity contribution is -0.143. The average Bonchev–Trinajstić information content (AvgIpc) is 3.01. The third-order valence-electron chi connectivity index (χ3n) is 3.39. The Morgan fingerprint density at radius 1 is 1.33 bits per heavy atom.